The number of aryl methyl sites for hydroxylation is 1. The molecule has 0 spiro atoms. The van der Waals surface area contributed by atoms with Crippen LogP contribution in [0.4, 0.5) is 10.5 Å². The average Bonchev–Trinajstić information content (AvgIpc) is 2.90. The van der Waals surface area contributed by atoms with Crippen LogP contribution in [0, 0.1) is 18.3 Å². The van der Waals surface area contributed by atoms with Gasteiger partial charge in [0.1, 0.15) is 0 Å². The molecule has 0 radical (unpaired) electrons. The summed E-state index contributed by atoms with van der Waals surface area (Å²) in [6.07, 6.45) is 2.31. The van der Waals surface area contributed by atoms with Crippen molar-refractivity contribution >= 4 is 17.5 Å². The van der Waals surface area contributed by atoms with Gasteiger partial charge in [0, 0.05) is 30.9 Å². The molecule has 0 unspecified atom stereocenters. The van der Waals surface area contributed by atoms with Crippen LogP contribution >= 0.6 is 0 Å². The van der Waals surface area contributed by atoms with Gasteiger partial charge in [-0.25, -0.2) is 4.79 Å². The maximum absolute atomic E-state index is 12.4. The van der Waals surface area contributed by atoms with Gasteiger partial charge in [0.05, 0.1) is 18.2 Å². The summed E-state index contributed by atoms with van der Waals surface area (Å²) in [6, 6.07) is 26.1. The molecule has 0 bridgehead atoms. The predicted molar refractivity (Wildman–Crippen MR) is 140 cm³/mol. The lowest BCUT2D eigenvalue weighted by atomic mass is 9.88. The summed E-state index contributed by atoms with van der Waals surface area (Å²) < 4.78 is 5.39. The number of carbonyl (C=O) groups excluding carboxylic acids is 1. The molecule has 5 nitrogen and oxygen atoms in total. The molecule has 3 aromatic carbocycles. The highest BCUT2D eigenvalue weighted by molar-refractivity contribution is 5.86. The Morgan fingerprint density at radius 2 is 1.80 bits per heavy atom. The van der Waals surface area contributed by atoms with E-state index >= 15 is 0 Å². The summed E-state index contributed by atoms with van der Waals surface area (Å²) in [5, 5.41) is 11.9. The van der Waals surface area contributed by atoms with E-state index in [1.807, 2.05) is 61.5 Å². The Bertz CT molecular complexity index is 1200. The Morgan fingerprint density at radius 1 is 1.09 bits per heavy atom. The summed E-state index contributed by atoms with van der Waals surface area (Å²) in [6.45, 7) is 8.48. The molecule has 0 aromatic heterocycles. The van der Waals surface area contributed by atoms with Crippen LogP contribution in [0.1, 0.15) is 46.6 Å². The van der Waals surface area contributed by atoms with Gasteiger partial charge in [-0.1, -0.05) is 61.2 Å². The van der Waals surface area contributed by atoms with Gasteiger partial charge in [0.25, 0.3) is 0 Å². The van der Waals surface area contributed by atoms with E-state index in [2.05, 4.69) is 41.1 Å². The minimum Gasteiger partial charge on any atom is -0.449 e. The van der Waals surface area contributed by atoms with Crippen molar-refractivity contribution in [3.05, 3.63) is 107 Å². The Labute approximate surface area is 207 Å². The van der Waals surface area contributed by atoms with Gasteiger partial charge in [-0.3, -0.25) is 5.32 Å². The first-order chi connectivity index (χ1) is 17.0. The van der Waals surface area contributed by atoms with Crippen molar-refractivity contribution in [3.63, 3.8) is 0 Å². The quantitative estimate of drug-likeness (QED) is 0.432. The Morgan fingerprint density at radius 3 is 2.49 bits per heavy atom. The minimum absolute atomic E-state index is 0.329. The van der Waals surface area contributed by atoms with Crippen LogP contribution in [0.5, 0.6) is 0 Å². The summed E-state index contributed by atoms with van der Waals surface area (Å²) in [7, 11) is 0. The number of hydrogen-bond acceptors (Lipinski definition) is 4. The highest BCUT2D eigenvalue weighted by Gasteiger charge is 2.22. The standard InChI is InChI=1S/C30H31N3O2/c1-22-8-11-28(20-29(22)32-30(34)35-19-16-24-6-4-3-5-7-24)23(2)33-17-14-27(15-18-33)26-12-9-25(21-31)10-13-26/h3-13,20,27H,2,14-19H2,1H3,(H,32,34). The lowest BCUT2D eigenvalue weighted by Gasteiger charge is -2.35. The SMILES string of the molecule is C=C(c1ccc(C)c(NC(=O)OCCc2ccccc2)c1)N1CCC(c2ccc(C#N)cc2)CC1. The molecule has 1 amide bonds. The van der Waals surface area contributed by atoms with Gasteiger partial charge in [0.15, 0.2) is 0 Å². The zero-order valence-corrected chi connectivity index (χ0v) is 20.2. The van der Waals surface area contributed by atoms with Crippen LogP contribution in [-0.2, 0) is 11.2 Å². The van der Waals surface area contributed by atoms with Crippen molar-refractivity contribution in [3.8, 4) is 6.07 Å². The summed E-state index contributed by atoms with van der Waals surface area (Å²) in [5.41, 5.74) is 6.79. The second-order valence-electron chi connectivity index (χ2n) is 8.97. The average molecular weight is 466 g/mol. The normalized spacial score (nSPS) is 13.7. The van der Waals surface area contributed by atoms with E-state index in [4.69, 9.17) is 10.00 Å². The molecule has 1 heterocycles. The van der Waals surface area contributed by atoms with Crippen LogP contribution < -0.4 is 5.32 Å². The second-order valence-corrected chi connectivity index (χ2v) is 8.97. The highest BCUT2D eigenvalue weighted by Crippen LogP contribution is 2.32. The number of amides is 1. The number of piperidine rings is 1. The molecule has 35 heavy (non-hydrogen) atoms. The van der Waals surface area contributed by atoms with E-state index in [1.165, 1.54) is 5.56 Å². The zero-order valence-electron chi connectivity index (χ0n) is 20.2. The van der Waals surface area contributed by atoms with Gasteiger partial charge in [0.2, 0.25) is 0 Å². The first-order valence-corrected chi connectivity index (χ1v) is 12.1. The van der Waals surface area contributed by atoms with Crippen molar-refractivity contribution in [2.75, 3.05) is 25.0 Å². The third-order valence-electron chi connectivity index (χ3n) is 6.66. The van der Waals surface area contributed by atoms with Crippen LogP contribution in [0.2, 0.25) is 0 Å². The summed E-state index contributed by atoms with van der Waals surface area (Å²) in [4.78, 5) is 14.7. The number of carbonyl (C=O) groups is 1. The third kappa shape index (κ3) is 6.30. The fourth-order valence-electron chi connectivity index (χ4n) is 4.48. The first-order valence-electron chi connectivity index (χ1n) is 12.1. The number of benzene rings is 3. The Kier molecular flexibility index (Phi) is 7.84. The number of anilines is 1. The number of nitriles is 1. The van der Waals surface area contributed by atoms with Gasteiger partial charge < -0.3 is 9.64 Å². The number of nitrogens with zero attached hydrogens (tertiary/aromatic N) is 2. The molecule has 0 atom stereocenters. The molecule has 3 aromatic rings. The van der Waals surface area contributed by atoms with E-state index in [1.54, 1.807) is 0 Å². The molecule has 4 rings (SSSR count). The zero-order chi connectivity index (χ0) is 24.6. The highest BCUT2D eigenvalue weighted by atomic mass is 16.5. The molecule has 1 N–H and O–H groups in total. The largest absolute Gasteiger partial charge is 0.449 e. The Hall–Kier alpha value is -4.04. The maximum Gasteiger partial charge on any atom is 0.411 e. The van der Waals surface area contributed by atoms with Gasteiger partial charge in [-0.05, 0) is 66.1 Å². The fraction of sp³-hybridized carbons (Fsp3) is 0.267. The van der Waals surface area contributed by atoms with Crippen LogP contribution in [0.15, 0.2) is 79.4 Å². The van der Waals surface area contributed by atoms with Crippen molar-refractivity contribution in [1.82, 2.24) is 4.90 Å². The molecular formula is C30H31N3O2. The number of hydrogen-bond donors (Lipinski definition) is 1. The monoisotopic (exact) mass is 465 g/mol. The lowest BCUT2D eigenvalue weighted by molar-refractivity contribution is 0.163. The molecule has 178 valence electrons. The molecule has 0 saturated carbocycles. The second kappa shape index (κ2) is 11.4. The van der Waals surface area contributed by atoms with Crippen molar-refractivity contribution in [2.45, 2.75) is 32.1 Å². The topological polar surface area (TPSA) is 65.4 Å². The smallest absolute Gasteiger partial charge is 0.411 e. The molecule has 1 fully saturated rings. The first kappa shape index (κ1) is 24.1. The fourth-order valence-corrected chi connectivity index (χ4v) is 4.48. The molecule has 5 heteroatoms. The predicted octanol–water partition coefficient (Wildman–Crippen LogP) is 6.51. The summed E-state index contributed by atoms with van der Waals surface area (Å²) >= 11 is 0. The van der Waals surface area contributed by atoms with Crippen LogP contribution in [-0.4, -0.2) is 30.7 Å². The molecular weight excluding hydrogens is 434 g/mol. The summed E-state index contributed by atoms with van der Waals surface area (Å²) in [5.74, 6) is 0.493. The lowest BCUT2D eigenvalue weighted by Crippen LogP contribution is -2.31. The van der Waals surface area contributed by atoms with Crippen LogP contribution in [0.3, 0.4) is 0 Å². The van der Waals surface area contributed by atoms with E-state index < -0.39 is 6.09 Å². The molecule has 0 aliphatic carbocycles. The molecule has 1 saturated heterocycles. The van der Waals surface area contributed by atoms with Crippen molar-refractivity contribution in [2.24, 2.45) is 0 Å². The van der Waals surface area contributed by atoms with Crippen molar-refractivity contribution < 1.29 is 9.53 Å². The molecule has 1 aliphatic rings. The number of nitrogens with one attached hydrogen (secondary N) is 1. The van der Waals surface area contributed by atoms with Crippen LogP contribution in [0.25, 0.3) is 5.70 Å². The van der Waals surface area contributed by atoms with E-state index in [0.29, 0.717) is 24.5 Å². The van der Waals surface area contributed by atoms with E-state index in [-0.39, 0.29) is 0 Å². The van der Waals surface area contributed by atoms with Crippen molar-refractivity contribution in [1.29, 1.82) is 5.26 Å². The van der Waals surface area contributed by atoms with E-state index in [0.717, 1.165) is 54.0 Å². The van der Waals surface area contributed by atoms with Gasteiger partial charge >= 0.3 is 6.09 Å². The molecule has 1 aliphatic heterocycles. The minimum atomic E-state index is -0.449. The third-order valence-corrected chi connectivity index (χ3v) is 6.66. The Balaban J connectivity index is 1.31. The van der Waals surface area contributed by atoms with E-state index in [9.17, 15) is 4.79 Å². The van der Waals surface area contributed by atoms with Gasteiger partial charge in [-0.2, -0.15) is 5.26 Å². The number of likely N-dealkylation sites (tertiary alicyclic amines) is 1. The van der Waals surface area contributed by atoms with Gasteiger partial charge in [-0.15, -0.1) is 0 Å². The number of ether oxygens (including phenoxy) is 1. The maximum atomic E-state index is 12.4. The number of rotatable bonds is 7.